The highest BCUT2D eigenvalue weighted by molar-refractivity contribution is 7.12. The normalized spacial score (nSPS) is 14.6. The van der Waals surface area contributed by atoms with Crippen LogP contribution in [0.4, 0.5) is 10.5 Å². The number of ketones is 1. The quantitative estimate of drug-likeness (QED) is 0.635. The van der Waals surface area contributed by atoms with Crippen LogP contribution in [0.3, 0.4) is 0 Å². The van der Waals surface area contributed by atoms with Gasteiger partial charge in [0.15, 0.2) is 5.78 Å². The van der Waals surface area contributed by atoms with E-state index in [0.717, 1.165) is 10.6 Å². The first kappa shape index (κ1) is 14.5. The predicted molar refractivity (Wildman–Crippen MR) is 87.6 cm³/mol. The summed E-state index contributed by atoms with van der Waals surface area (Å²) in [6.45, 7) is 2.98. The third kappa shape index (κ3) is 3.09. The molecule has 2 heterocycles. The lowest BCUT2D eigenvalue weighted by Gasteiger charge is -2.12. The van der Waals surface area contributed by atoms with E-state index in [-0.39, 0.29) is 11.9 Å². The number of benzene rings is 1. The third-order valence-corrected chi connectivity index (χ3v) is 4.35. The van der Waals surface area contributed by atoms with E-state index in [9.17, 15) is 9.59 Å². The van der Waals surface area contributed by atoms with Crippen LogP contribution >= 0.6 is 11.3 Å². The Bertz CT molecular complexity index is 731. The van der Waals surface area contributed by atoms with Gasteiger partial charge in [-0.05, 0) is 55.5 Å². The molecule has 0 bridgehead atoms. The van der Waals surface area contributed by atoms with Crippen molar-refractivity contribution in [1.82, 2.24) is 0 Å². The zero-order valence-corrected chi connectivity index (χ0v) is 12.9. The summed E-state index contributed by atoms with van der Waals surface area (Å²) >= 11 is 1.65. The van der Waals surface area contributed by atoms with Crippen LogP contribution in [-0.2, 0) is 4.74 Å². The molecule has 1 aliphatic rings. The molecule has 1 fully saturated rings. The Hall–Kier alpha value is -2.40. The molecule has 5 heteroatoms. The highest BCUT2D eigenvalue weighted by atomic mass is 32.1. The Labute approximate surface area is 132 Å². The lowest BCUT2D eigenvalue weighted by atomic mass is 10.1. The molecule has 1 amide bonds. The zero-order chi connectivity index (χ0) is 15.5. The third-order valence-electron chi connectivity index (χ3n) is 3.38. The van der Waals surface area contributed by atoms with E-state index in [4.69, 9.17) is 4.74 Å². The summed E-state index contributed by atoms with van der Waals surface area (Å²) in [5.74, 6) is -0.0541. The van der Waals surface area contributed by atoms with Gasteiger partial charge in [-0.15, -0.1) is 11.3 Å². The highest BCUT2D eigenvalue weighted by Crippen LogP contribution is 2.20. The van der Waals surface area contributed by atoms with Crippen LogP contribution in [-0.4, -0.2) is 25.0 Å². The van der Waals surface area contributed by atoms with Gasteiger partial charge in [0, 0.05) is 21.0 Å². The molecule has 0 atom stereocenters. The first-order valence-corrected chi connectivity index (χ1v) is 7.78. The van der Waals surface area contributed by atoms with Crippen LogP contribution in [0.5, 0.6) is 0 Å². The molecule has 0 saturated carbocycles. The van der Waals surface area contributed by atoms with Crippen molar-refractivity contribution in [2.45, 2.75) is 6.92 Å². The van der Waals surface area contributed by atoms with Gasteiger partial charge in [0.1, 0.15) is 6.61 Å². The second kappa shape index (κ2) is 6.15. The van der Waals surface area contributed by atoms with Crippen molar-refractivity contribution in [2.24, 2.45) is 0 Å². The van der Waals surface area contributed by atoms with Gasteiger partial charge in [0.05, 0.1) is 6.54 Å². The molecule has 0 radical (unpaired) electrons. The van der Waals surface area contributed by atoms with E-state index in [1.807, 2.05) is 25.1 Å². The van der Waals surface area contributed by atoms with Crippen LogP contribution in [0.25, 0.3) is 6.08 Å². The SMILES string of the molecule is Cc1ccc(/C=C\C(=O)c2ccc(N3CCOC3=O)cc2)s1. The fourth-order valence-electron chi connectivity index (χ4n) is 2.23. The van der Waals surface area contributed by atoms with Gasteiger partial charge < -0.3 is 4.74 Å². The second-order valence-corrected chi connectivity index (χ2v) is 6.28. The maximum atomic E-state index is 12.1. The van der Waals surface area contributed by atoms with Crippen molar-refractivity contribution < 1.29 is 14.3 Å². The molecule has 112 valence electrons. The van der Waals surface area contributed by atoms with E-state index in [2.05, 4.69) is 0 Å². The average molecular weight is 313 g/mol. The number of anilines is 1. The predicted octanol–water partition coefficient (Wildman–Crippen LogP) is 3.91. The Kier molecular flexibility index (Phi) is 4.06. The molecule has 0 aliphatic carbocycles. The number of amides is 1. The zero-order valence-electron chi connectivity index (χ0n) is 12.1. The first-order chi connectivity index (χ1) is 10.6. The van der Waals surface area contributed by atoms with Crippen LogP contribution in [0.1, 0.15) is 20.1 Å². The van der Waals surface area contributed by atoms with Gasteiger partial charge in [-0.1, -0.05) is 0 Å². The minimum Gasteiger partial charge on any atom is -0.447 e. The Morgan fingerprint density at radius 2 is 2.00 bits per heavy atom. The van der Waals surface area contributed by atoms with Crippen molar-refractivity contribution in [3.05, 3.63) is 57.8 Å². The van der Waals surface area contributed by atoms with Crippen molar-refractivity contribution in [2.75, 3.05) is 18.1 Å². The van der Waals surface area contributed by atoms with E-state index in [0.29, 0.717) is 18.7 Å². The molecule has 1 aromatic heterocycles. The molecule has 1 aliphatic heterocycles. The van der Waals surface area contributed by atoms with E-state index < -0.39 is 0 Å². The number of ether oxygens (including phenoxy) is 1. The summed E-state index contributed by atoms with van der Waals surface area (Å²) in [5.41, 5.74) is 1.35. The molecule has 3 rings (SSSR count). The Morgan fingerprint density at radius 3 is 2.59 bits per heavy atom. The summed E-state index contributed by atoms with van der Waals surface area (Å²) in [6, 6.07) is 11.0. The number of aryl methyl sites for hydroxylation is 1. The van der Waals surface area contributed by atoms with Gasteiger partial charge in [-0.25, -0.2) is 4.79 Å². The van der Waals surface area contributed by atoms with Crippen LogP contribution in [0.15, 0.2) is 42.5 Å². The number of rotatable bonds is 4. The minimum absolute atomic E-state index is 0.0541. The van der Waals surface area contributed by atoms with Crippen molar-refractivity contribution in [3.8, 4) is 0 Å². The van der Waals surface area contributed by atoms with Gasteiger partial charge in [-0.3, -0.25) is 9.69 Å². The molecule has 0 unspecified atom stereocenters. The molecule has 1 saturated heterocycles. The second-order valence-electron chi connectivity index (χ2n) is 4.96. The molecule has 2 aromatic rings. The van der Waals surface area contributed by atoms with E-state index in [1.54, 1.807) is 46.6 Å². The van der Waals surface area contributed by atoms with Crippen LogP contribution in [0.2, 0.25) is 0 Å². The van der Waals surface area contributed by atoms with Gasteiger partial charge in [0.2, 0.25) is 0 Å². The minimum atomic E-state index is -0.341. The van der Waals surface area contributed by atoms with Crippen molar-refractivity contribution >= 4 is 35.0 Å². The van der Waals surface area contributed by atoms with E-state index in [1.165, 1.54) is 4.88 Å². The van der Waals surface area contributed by atoms with Crippen molar-refractivity contribution in [3.63, 3.8) is 0 Å². The summed E-state index contributed by atoms with van der Waals surface area (Å²) < 4.78 is 4.90. The summed E-state index contributed by atoms with van der Waals surface area (Å²) in [6.07, 6.45) is 3.06. The lowest BCUT2D eigenvalue weighted by Crippen LogP contribution is -2.23. The maximum Gasteiger partial charge on any atom is 0.414 e. The highest BCUT2D eigenvalue weighted by Gasteiger charge is 2.23. The largest absolute Gasteiger partial charge is 0.447 e. The molecular formula is C17H15NO3S. The number of carbonyl (C=O) groups is 2. The summed E-state index contributed by atoms with van der Waals surface area (Å²) in [4.78, 5) is 27.4. The number of thiophene rings is 1. The van der Waals surface area contributed by atoms with Crippen LogP contribution < -0.4 is 4.90 Å². The summed E-state index contributed by atoms with van der Waals surface area (Å²) in [7, 11) is 0. The molecule has 0 spiro atoms. The molecule has 4 nitrogen and oxygen atoms in total. The van der Waals surface area contributed by atoms with E-state index >= 15 is 0 Å². The Balaban J connectivity index is 1.71. The monoisotopic (exact) mass is 313 g/mol. The Morgan fingerprint density at radius 1 is 1.23 bits per heavy atom. The fourth-order valence-corrected chi connectivity index (χ4v) is 3.01. The smallest absolute Gasteiger partial charge is 0.414 e. The van der Waals surface area contributed by atoms with Gasteiger partial charge >= 0.3 is 6.09 Å². The van der Waals surface area contributed by atoms with Gasteiger partial charge in [-0.2, -0.15) is 0 Å². The fraction of sp³-hybridized carbons (Fsp3) is 0.176. The van der Waals surface area contributed by atoms with Gasteiger partial charge in [0.25, 0.3) is 0 Å². The van der Waals surface area contributed by atoms with Crippen molar-refractivity contribution in [1.29, 1.82) is 0 Å². The topological polar surface area (TPSA) is 46.6 Å². The maximum absolute atomic E-state index is 12.1. The lowest BCUT2D eigenvalue weighted by molar-refractivity contribution is 0.104. The number of hydrogen-bond donors (Lipinski definition) is 0. The number of cyclic esters (lactones) is 1. The summed E-state index contributed by atoms with van der Waals surface area (Å²) in [5, 5.41) is 0. The average Bonchev–Trinajstić information content (AvgIpc) is 3.13. The van der Waals surface area contributed by atoms with Crippen LogP contribution in [0, 0.1) is 6.92 Å². The molecule has 1 aromatic carbocycles. The molecule has 0 N–H and O–H groups in total. The number of allylic oxidation sites excluding steroid dienone is 1. The first-order valence-electron chi connectivity index (χ1n) is 6.97. The molecular weight excluding hydrogens is 298 g/mol. The number of carbonyl (C=O) groups excluding carboxylic acids is 2. The molecule has 22 heavy (non-hydrogen) atoms. The number of nitrogens with zero attached hydrogens (tertiary/aromatic N) is 1. The number of hydrogen-bond acceptors (Lipinski definition) is 4. The standard InChI is InChI=1S/C17H15NO3S/c1-12-2-7-15(22-12)8-9-16(19)13-3-5-14(6-4-13)18-10-11-21-17(18)20/h2-9H,10-11H2,1H3/b9-8-.